The molecule has 2 N–H and O–H groups in total. The Morgan fingerprint density at radius 1 is 1.12 bits per heavy atom. The minimum absolute atomic E-state index is 0.00192. The first kappa shape index (κ1) is 24.1. The number of ketones is 1. The summed E-state index contributed by atoms with van der Waals surface area (Å²) in [6.45, 7) is 3.15. The van der Waals surface area contributed by atoms with Gasteiger partial charge in [-0.1, -0.05) is 35.9 Å². The van der Waals surface area contributed by atoms with Crippen molar-refractivity contribution in [3.8, 4) is 0 Å². The van der Waals surface area contributed by atoms with E-state index >= 15 is 0 Å². The van der Waals surface area contributed by atoms with Crippen LogP contribution in [0, 0.1) is 5.82 Å². The molecule has 8 nitrogen and oxygen atoms in total. The highest BCUT2D eigenvalue weighted by Gasteiger charge is 2.36. The molecular formula is C22H26ClFN4O4S. The molecule has 0 bridgehead atoms. The number of nitrogens with zero attached hydrogens (tertiary/aromatic N) is 3. The van der Waals surface area contributed by atoms with E-state index in [4.69, 9.17) is 22.1 Å². The van der Waals surface area contributed by atoms with Gasteiger partial charge in [0, 0.05) is 31.7 Å². The summed E-state index contributed by atoms with van der Waals surface area (Å²) < 4.78 is 49.0. The lowest BCUT2D eigenvalue weighted by atomic mass is 10.1. The summed E-state index contributed by atoms with van der Waals surface area (Å²) in [5.74, 6) is -0.829. The molecule has 0 unspecified atom stereocenters. The number of piperazine rings is 1. The average molecular weight is 497 g/mol. The molecule has 2 aliphatic heterocycles. The van der Waals surface area contributed by atoms with Gasteiger partial charge in [-0.2, -0.15) is 12.7 Å². The summed E-state index contributed by atoms with van der Waals surface area (Å²) >= 11 is 5.97. The van der Waals surface area contributed by atoms with E-state index < -0.39 is 16.0 Å². The molecule has 2 aromatic rings. The largest absolute Gasteiger partial charge is 0.378 e. The van der Waals surface area contributed by atoms with Gasteiger partial charge in [-0.05, 0) is 23.8 Å². The summed E-state index contributed by atoms with van der Waals surface area (Å²) in [4.78, 5) is 14.0. The summed E-state index contributed by atoms with van der Waals surface area (Å²) in [5, 5.41) is -0.161. The predicted molar refractivity (Wildman–Crippen MR) is 124 cm³/mol. The number of hydrogen-bond acceptors (Lipinski definition) is 6. The molecule has 2 heterocycles. The van der Waals surface area contributed by atoms with Crippen LogP contribution in [-0.2, 0) is 21.5 Å². The van der Waals surface area contributed by atoms with Gasteiger partial charge in [0.2, 0.25) is 0 Å². The number of anilines is 1. The number of benzene rings is 2. The maximum absolute atomic E-state index is 13.8. The van der Waals surface area contributed by atoms with Gasteiger partial charge in [0.1, 0.15) is 5.82 Å². The second kappa shape index (κ2) is 10.0. The van der Waals surface area contributed by atoms with Crippen molar-refractivity contribution >= 4 is 33.3 Å². The van der Waals surface area contributed by atoms with E-state index in [1.165, 1.54) is 20.7 Å². The highest BCUT2D eigenvalue weighted by Crippen LogP contribution is 2.28. The third-order valence-electron chi connectivity index (χ3n) is 5.99. The molecule has 0 aromatic heterocycles. The lowest BCUT2D eigenvalue weighted by molar-refractivity contribution is -0.0721. The Labute approximate surface area is 197 Å². The molecule has 0 amide bonds. The number of nitrogens with two attached hydrogens (primary N) is 1. The van der Waals surface area contributed by atoms with E-state index in [0.717, 1.165) is 6.07 Å². The lowest BCUT2D eigenvalue weighted by Gasteiger charge is -2.43. The van der Waals surface area contributed by atoms with Crippen LogP contribution in [0.15, 0.2) is 42.5 Å². The minimum Gasteiger partial charge on any atom is -0.378 e. The van der Waals surface area contributed by atoms with Crippen molar-refractivity contribution in [3.05, 3.63) is 64.4 Å². The smallest absolute Gasteiger partial charge is 0.304 e. The molecule has 178 valence electrons. The second-order valence-electron chi connectivity index (χ2n) is 8.06. The maximum atomic E-state index is 13.8. The van der Waals surface area contributed by atoms with Crippen LogP contribution in [-0.4, -0.2) is 75.4 Å². The Balaban J connectivity index is 1.59. The van der Waals surface area contributed by atoms with E-state index in [1.54, 1.807) is 24.3 Å². The van der Waals surface area contributed by atoms with Crippen molar-refractivity contribution in [2.75, 3.05) is 50.2 Å². The van der Waals surface area contributed by atoms with Crippen LogP contribution >= 0.6 is 11.6 Å². The highest BCUT2D eigenvalue weighted by atomic mass is 35.5. The molecule has 33 heavy (non-hydrogen) atoms. The molecule has 2 aliphatic rings. The Bertz CT molecular complexity index is 1100. The Hall–Kier alpha value is -2.08. The summed E-state index contributed by atoms with van der Waals surface area (Å²) in [7, 11) is -3.93. The molecule has 0 saturated carbocycles. The highest BCUT2D eigenvalue weighted by molar-refractivity contribution is 7.90. The van der Waals surface area contributed by atoms with Gasteiger partial charge in [0.05, 0.1) is 43.1 Å². The average Bonchev–Trinajstić information content (AvgIpc) is 2.78. The van der Waals surface area contributed by atoms with Crippen LogP contribution in [0.25, 0.3) is 0 Å². The fourth-order valence-electron chi connectivity index (χ4n) is 3.90. The van der Waals surface area contributed by atoms with Crippen molar-refractivity contribution in [1.82, 2.24) is 9.21 Å². The molecule has 0 aliphatic carbocycles. The Morgan fingerprint density at radius 2 is 1.79 bits per heavy atom. The predicted octanol–water partition coefficient (Wildman–Crippen LogP) is 1.89. The number of halogens is 2. The van der Waals surface area contributed by atoms with Crippen molar-refractivity contribution < 1.29 is 22.3 Å². The normalized spacial score (nSPS) is 18.2. The van der Waals surface area contributed by atoms with Gasteiger partial charge in [-0.15, -0.1) is 0 Å². The first-order chi connectivity index (χ1) is 15.8. The van der Waals surface area contributed by atoms with E-state index in [1.807, 2.05) is 0 Å². The monoisotopic (exact) mass is 496 g/mol. The summed E-state index contributed by atoms with van der Waals surface area (Å²) in [6, 6.07) is 10.8. The molecule has 0 spiro atoms. The van der Waals surface area contributed by atoms with Gasteiger partial charge in [0.25, 0.3) is 0 Å². The first-order valence-corrected chi connectivity index (χ1v) is 12.4. The molecule has 2 fully saturated rings. The molecular weight excluding hydrogens is 471 g/mol. The number of hydrogen-bond donors (Lipinski definition) is 1. The van der Waals surface area contributed by atoms with Crippen molar-refractivity contribution in [1.29, 1.82) is 0 Å². The molecule has 0 atom stereocenters. The Morgan fingerprint density at radius 3 is 2.33 bits per heavy atom. The third kappa shape index (κ3) is 5.21. The minimum atomic E-state index is -3.93. The standard InChI is InChI=1S/C22H26ClFN4O4S/c23-20-11-18(5-6-21(20)24)28(13-16-1-3-17(4-2-16)22(29)12-25)33(30,31)27-9-7-26(8-10-27)19-14-32-15-19/h1-6,11,19H,7-10,12-15,25H2. The zero-order valence-electron chi connectivity index (χ0n) is 18.0. The van der Waals surface area contributed by atoms with E-state index in [9.17, 15) is 17.6 Å². The van der Waals surface area contributed by atoms with E-state index in [2.05, 4.69) is 4.90 Å². The molecule has 0 radical (unpaired) electrons. The second-order valence-corrected chi connectivity index (χ2v) is 10.3. The number of Topliss-reactive ketones (excluding diaryl/α,β-unsaturated/α-hetero) is 1. The summed E-state index contributed by atoms with van der Waals surface area (Å²) in [6.07, 6.45) is 0. The quantitative estimate of drug-likeness (QED) is 0.561. The molecule has 11 heteroatoms. The van der Waals surface area contributed by atoms with Gasteiger partial charge in [-0.3, -0.25) is 14.0 Å². The van der Waals surface area contributed by atoms with E-state index in [0.29, 0.717) is 56.6 Å². The SMILES string of the molecule is NCC(=O)c1ccc(CN(c2ccc(F)c(Cl)c2)S(=O)(=O)N2CCN(C3COC3)CC2)cc1. The van der Waals surface area contributed by atoms with Crippen molar-refractivity contribution in [3.63, 3.8) is 0 Å². The first-order valence-electron chi connectivity index (χ1n) is 10.7. The summed E-state index contributed by atoms with van der Waals surface area (Å²) in [5.41, 5.74) is 6.79. The van der Waals surface area contributed by atoms with Gasteiger partial charge < -0.3 is 10.5 Å². The van der Waals surface area contributed by atoms with Crippen LogP contribution in [0.1, 0.15) is 15.9 Å². The number of ether oxygens (including phenoxy) is 1. The van der Waals surface area contributed by atoms with Crippen LogP contribution < -0.4 is 10.0 Å². The van der Waals surface area contributed by atoms with Crippen molar-refractivity contribution in [2.24, 2.45) is 5.73 Å². The fourth-order valence-corrected chi connectivity index (χ4v) is 5.67. The third-order valence-corrected chi connectivity index (χ3v) is 8.20. The number of carbonyl (C=O) groups is 1. The van der Waals surface area contributed by atoms with Gasteiger partial charge in [0.15, 0.2) is 5.78 Å². The van der Waals surface area contributed by atoms with E-state index in [-0.39, 0.29) is 29.6 Å². The zero-order chi connectivity index (χ0) is 23.6. The molecule has 2 aromatic carbocycles. The van der Waals surface area contributed by atoms with Crippen molar-refractivity contribution in [2.45, 2.75) is 12.6 Å². The van der Waals surface area contributed by atoms with Gasteiger partial charge in [-0.25, -0.2) is 4.39 Å². The number of carbonyl (C=O) groups excluding carboxylic acids is 1. The lowest BCUT2D eigenvalue weighted by Crippen LogP contribution is -2.59. The van der Waals surface area contributed by atoms with Crippen LogP contribution in [0.2, 0.25) is 5.02 Å². The molecule has 2 saturated heterocycles. The van der Waals surface area contributed by atoms with Crippen LogP contribution in [0.5, 0.6) is 0 Å². The van der Waals surface area contributed by atoms with Crippen LogP contribution in [0.4, 0.5) is 10.1 Å². The van der Waals surface area contributed by atoms with Crippen LogP contribution in [0.3, 0.4) is 0 Å². The zero-order valence-corrected chi connectivity index (χ0v) is 19.6. The Kier molecular flexibility index (Phi) is 7.32. The molecule has 4 rings (SSSR count). The van der Waals surface area contributed by atoms with Gasteiger partial charge >= 0.3 is 10.2 Å². The number of rotatable bonds is 8. The topological polar surface area (TPSA) is 96.2 Å². The fraction of sp³-hybridized carbons (Fsp3) is 0.409. The maximum Gasteiger partial charge on any atom is 0.304 e.